The Morgan fingerprint density at radius 1 is 1.25 bits per heavy atom. The van der Waals surface area contributed by atoms with Crippen molar-refractivity contribution < 1.29 is 19.1 Å². The number of amides is 1. The Kier molecular flexibility index (Phi) is 4.37. The number of aliphatic carboxylic acids is 1. The van der Waals surface area contributed by atoms with Crippen molar-refractivity contribution >= 4 is 17.6 Å². The van der Waals surface area contributed by atoms with Crippen LogP contribution in [0.2, 0.25) is 0 Å². The molecule has 1 amide bonds. The van der Waals surface area contributed by atoms with Crippen LogP contribution < -0.4 is 10.4 Å². The lowest BCUT2D eigenvalue weighted by molar-refractivity contribution is -0.313. The first-order chi connectivity index (χ1) is 9.49. The summed E-state index contributed by atoms with van der Waals surface area (Å²) in [6.45, 7) is 1.76. The highest BCUT2D eigenvalue weighted by Crippen LogP contribution is 2.31. The summed E-state index contributed by atoms with van der Waals surface area (Å²) in [6, 6.07) is 4.13. The number of nitrogens with one attached hydrogen (secondary N) is 1. The van der Waals surface area contributed by atoms with Gasteiger partial charge in [-0.25, -0.2) is 4.39 Å². The maximum absolute atomic E-state index is 13.2. The van der Waals surface area contributed by atoms with Crippen LogP contribution in [0.4, 0.5) is 10.1 Å². The Bertz CT molecular complexity index is 530. The second kappa shape index (κ2) is 6.03. The number of hydrogen-bond donors (Lipinski definition) is 1. The molecule has 0 saturated heterocycles. The van der Waals surface area contributed by atoms with Crippen LogP contribution in [0.3, 0.4) is 0 Å². The molecule has 1 aliphatic carbocycles. The van der Waals surface area contributed by atoms with Crippen molar-refractivity contribution in [3.63, 3.8) is 0 Å². The summed E-state index contributed by atoms with van der Waals surface area (Å²) in [5.74, 6) is -3.34. The molecule has 1 aliphatic rings. The van der Waals surface area contributed by atoms with E-state index in [9.17, 15) is 19.1 Å². The van der Waals surface area contributed by atoms with Gasteiger partial charge in [-0.05, 0) is 37.5 Å². The van der Waals surface area contributed by atoms with E-state index in [-0.39, 0.29) is 5.91 Å². The van der Waals surface area contributed by atoms with Gasteiger partial charge in [-0.1, -0.05) is 18.9 Å². The normalized spacial score (nSPS) is 22.3. The number of aryl methyl sites for hydroxylation is 1. The first-order valence-electron chi connectivity index (χ1n) is 6.77. The Morgan fingerprint density at radius 3 is 2.55 bits per heavy atom. The Hall–Kier alpha value is -1.91. The zero-order valence-corrected chi connectivity index (χ0v) is 11.3. The molecule has 1 aromatic rings. The van der Waals surface area contributed by atoms with Crippen LogP contribution >= 0.6 is 0 Å². The van der Waals surface area contributed by atoms with Crippen molar-refractivity contribution in [3.8, 4) is 0 Å². The van der Waals surface area contributed by atoms with E-state index in [2.05, 4.69) is 5.32 Å². The summed E-state index contributed by atoms with van der Waals surface area (Å²) < 4.78 is 13.2. The van der Waals surface area contributed by atoms with E-state index in [1.54, 1.807) is 13.0 Å². The number of hydrogen-bond acceptors (Lipinski definition) is 3. The molecule has 4 nitrogen and oxygen atoms in total. The smallest absolute Gasteiger partial charge is 0.228 e. The lowest BCUT2D eigenvalue weighted by Gasteiger charge is -2.31. The predicted molar refractivity (Wildman–Crippen MR) is 70.2 cm³/mol. The van der Waals surface area contributed by atoms with E-state index in [0.717, 1.165) is 18.4 Å². The molecule has 0 aliphatic heterocycles. The van der Waals surface area contributed by atoms with Crippen molar-refractivity contribution in [2.24, 2.45) is 11.8 Å². The highest BCUT2D eigenvalue weighted by molar-refractivity contribution is 5.95. The lowest BCUT2D eigenvalue weighted by Crippen LogP contribution is -2.42. The molecule has 1 fully saturated rings. The first kappa shape index (κ1) is 14.5. The maximum Gasteiger partial charge on any atom is 0.228 e. The van der Waals surface area contributed by atoms with E-state index in [4.69, 9.17) is 0 Å². The van der Waals surface area contributed by atoms with Gasteiger partial charge in [-0.3, -0.25) is 4.79 Å². The molecule has 0 spiro atoms. The van der Waals surface area contributed by atoms with Gasteiger partial charge < -0.3 is 15.2 Å². The quantitative estimate of drug-likeness (QED) is 0.913. The highest BCUT2D eigenvalue weighted by atomic mass is 19.1. The fraction of sp³-hybridized carbons (Fsp3) is 0.467. The second-order valence-corrected chi connectivity index (χ2v) is 5.26. The van der Waals surface area contributed by atoms with Gasteiger partial charge in [0.05, 0.1) is 0 Å². The highest BCUT2D eigenvalue weighted by Gasteiger charge is 2.31. The fourth-order valence-corrected chi connectivity index (χ4v) is 2.68. The number of carboxylic acids is 1. The molecule has 5 heteroatoms. The monoisotopic (exact) mass is 278 g/mol. The molecular weight excluding hydrogens is 261 g/mol. The number of carbonyl (C=O) groups is 2. The van der Waals surface area contributed by atoms with E-state index in [1.807, 2.05) is 0 Å². The largest absolute Gasteiger partial charge is 0.550 e. The third-order valence-corrected chi connectivity index (χ3v) is 3.86. The van der Waals surface area contributed by atoms with Gasteiger partial charge in [0, 0.05) is 23.5 Å². The van der Waals surface area contributed by atoms with Crippen LogP contribution in [0.15, 0.2) is 18.2 Å². The van der Waals surface area contributed by atoms with E-state index in [1.165, 1.54) is 12.1 Å². The minimum absolute atomic E-state index is 0.368. The SMILES string of the molecule is Cc1ccc(F)cc1NC(=O)[C@H]1CCCC[C@@H]1C(=O)[O-]. The van der Waals surface area contributed by atoms with Crippen LogP contribution in [-0.4, -0.2) is 11.9 Å². The van der Waals surface area contributed by atoms with Gasteiger partial charge in [0.1, 0.15) is 5.82 Å². The van der Waals surface area contributed by atoms with E-state index in [0.29, 0.717) is 18.5 Å². The van der Waals surface area contributed by atoms with Gasteiger partial charge >= 0.3 is 0 Å². The molecule has 2 rings (SSSR count). The van der Waals surface area contributed by atoms with Crippen LogP contribution in [0, 0.1) is 24.6 Å². The molecule has 2 atom stereocenters. The molecule has 0 bridgehead atoms. The summed E-state index contributed by atoms with van der Waals surface area (Å²) >= 11 is 0. The minimum Gasteiger partial charge on any atom is -0.550 e. The van der Waals surface area contributed by atoms with E-state index < -0.39 is 23.6 Å². The topological polar surface area (TPSA) is 69.2 Å². The van der Waals surface area contributed by atoms with Gasteiger partial charge in [-0.2, -0.15) is 0 Å². The molecule has 0 unspecified atom stereocenters. The summed E-state index contributed by atoms with van der Waals surface area (Å²) in [7, 11) is 0. The van der Waals surface area contributed by atoms with Crippen LogP contribution in [0.25, 0.3) is 0 Å². The Balaban J connectivity index is 2.14. The summed E-state index contributed by atoms with van der Waals surface area (Å²) in [4.78, 5) is 23.3. The molecule has 0 radical (unpaired) electrons. The molecule has 1 saturated carbocycles. The molecule has 108 valence electrons. The van der Waals surface area contributed by atoms with E-state index >= 15 is 0 Å². The Morgan fingerprint density at radius 2 is 1.90 bits per heavy atom. The van der Waals surface area contributed by atoms with Crippen LogP contribution in [-0.2, 0) is 9.59 Å². The standard InChI is InChI=1S/C15H18FNO3/c1-9-6-7-10(16)8-13(9)17-14(18)11-4-2-3-5-12(11)15(19)20/h6-8,11-12H,2-5H2,1H3,(H,17,18)(H,19,20)/p-1/t11-,12-/m0/s1. The van der Waals surface area contributed by atoms with Crippen molar-refractivity contribution in [3.05, 3.63) is 29.6 Å². The lowest BCUT2D eigenvalue weighted by atomic mass is 9.78. The first-order valence-corrected chi connectivity index (χ1v) is 6.77. The molecule has 1 N–H and O–H groups in total. The molecule has 0 heterocycles. The van der Waals surface area contributed by atoms with Gasteiger partial charge in [0.2, 0.25) is 5.91 Å². The Labute approximate surface area is 117 Å². The number of benzene rings is 1. The molecular formula is C15H17FNO3-. The van der Waals surface area contributed by atoms with Gasteiger partial charge in [0.25, 0.3) is 0 Å². The van der Waals surface area contributed by atoms with Crippen molar-refractivity contribution in [2.45, 2.75) is 32.6 Å². The molecule has 20 heavy (non-hydrogen) atoms. The maximum atomic E-state index is 13.2. The van der Waals surface area contributed by atoms with Gasteiger partial charge in [-0.15, -0.1) is 0 Å². The average molecular weight is 278 g/mol. The van der Waals surface area contributed by atoms with Crippen molar-refractivity contribution in [1.29, 1.82) is 0 Å². The third kappa shape index (κ3) is 3.15. The van der Waals surface area contributed by atoms with Crippen molar-refractivity contribution in [2.75, 3.05) is 5.32 Å². The summed E-state index contributed by atoms with van der Waals surface area (Å²) in [6.07, 6.45) is 2.60. The zero-order valence-electron chi connectivity index (χ0n) is 11.3. The van der Waals surface area contributed by atoms with Gasteiger partial charge in [0.15, 0.2) is 0 Å². The predicted octanol–water partition coefficient (Wildman–Crippen LogP) is 1.63. The number of rotatable bonds is 3. The number of carboxylic acid groups (broad SMARTS) is 1. The fourth-order valence-electron chi connectivity index (χ4n) is 2.68. The molecule has 0 aromatic heterocycles. The number of halogens is 1. The van der Waals surface area contributed by atoms with Crippen molar-refractivity contribution in [1.82, 2.24) is 0 Å². The summed E-state index contributed by atoms with van der Waals surface area (Å²) in [5.41, 5.74) is 1.12. The van der Waals surface area contributed by atoms with Crippen LogP contribution in [0.5, 0.6) is 0 Å². The minimum atomic E-state index is -1.18. The number of carbonyl (C=O) groups excluding carboxylic acids is 2. The average Bonchev–Trinajstić information content (AvgIpc) is 2.42. The second-order valence-electron chi connectivity index (χ2n) is 5.26. The summed E-state index contributed by atoms with van der Waals surface area (Å²) in [5, 5.41) is 13.7. The van der Waals surface area contributed by atoms with Crippen LogP contribution in [0.1, 0.15) is 31.2 Å². The third-order valence-electron chi connectivity index (χ3n) is 3.86. The molecule has 1 aromatic carbocycles. The number of anilines is 1. The zero-order chi connectivity index (χ0) is 14.7.